The molecule has 10 nitrogen and oxygen atoms in total. The van der Waals surface area contributed by atoms with Crippen molar-refractivity contribution in [3.05, 3.63) is 0 Å². The summed E-state index contributed by atoms with van der Waals surface area (Å²) >= 11 is 0. The van der Waals surface area contributed by atoms with E-state index in [1.54, 1.807) is 0 Å². The van der Waals surface area contributed by atoms with Crippen molar-refractivity contribution in [3.63, 3.8) is 0 Å². The van der Waals surface area contributed by atoms with Crippen LogP contribution < -0.4 is 0 Å². The number of esters is 1. The molecule has 1 saturated heterocycles. The van der Waals surface area contributed by atoms with Gasteiger partial charge in [0.05, 0.1) is 31.5 Å². The Hall–Kier alpha value is -0.850. The number of hydrogen-bond donors (Lipinski definition) is 6. The predicted octanol–water partition coefficient (Wildman–Crippen LogP) is 2.78. The summed E-state index contributed by atoms with van der Waals surface area (Å²) in [6.07, 6.45) is 0.909. The van der Waals surface area contributed by atoms with Gasteiger partial charge in [0.15, 0.2) is 6.29 Å². The fourth-order valence-electron chi connectivity index (χ4n) is 10.9. The number of rotatable bonds is 10. The third kappa shape index (κ3) is 6.61. The monoisotopic (exact) mass is 640 g/mol. The Kier molecular flexibility index (Phi) is 11.0. The first-order valence-corrected chi connectivity index (χ1v) is 17.7. The third-order valence-corrected chi connectivity index (χ3v) is 13.6. The molecule has 0 spiro atoms. The molecule has 0 aromatic heterocycles. The highest BCUT2D eigenvalue weighted by molar-refractivity contribution is 5.65. The Morgan fingerprint density at radius 3 is 2.36 bits per heavy atom. The third-order valence-electron chi connectivity index (χ3n) is 13.6. The first-order chi connectivity index (χ1) is 21.2. The lowest BCUT2D eigenvalue weighted by atomic mass is 9.43. The van der Waals surface area contributed by atoms with Crippen LogP contribution in [0.3, 0.4) is 0 Å². The lowest BCUT2D eigenvalue weighted by molar-refractivity contribution is -0.330. The Morgan fingerprint density at radius 1 is 0.933 bits per heavy atom. The summed E-state index contributed by atoms with van der Waals surface area (Å²) in [6.45, 7) is 10.4. The molecule has 5 aliphatic rings. The molecule has 0 amide bonds. The number of aliphatic hydroxyl groups is 6. The Morgan fingerprint density at radius 2 is 1.67 bits per heavy atom. The second kappa shape index (κ2) is 13.9. The molecule has 4 aliphatic carbocycles. The van der Waals surface area contributed by atoms with Crippen LogP contribution in [0.5, 0.6) is 0 Å². The molecule has 1 aliphatic heterocycles. The van der Waals surface area contributed by atoms with Crippen LogP contribution in [-0.4, -0.2) is 98.8 Å². The van der Waals surface area contributed by atoms with E-state index in [1.807, 2.05) is 0 Å². The summed E-state index contributed by atoms with van der Waals surface area (Å²) in [5.74, 6) is 1.46. The summed E-state index contributed by atoms with van der Waals surface area (Å²) in [5, 5.41) is 64.3. The van der Waals surface area contributed by atoms with E-state index in [0.29, 0.717) is 43.6 Å². The Labute approximate surface area is 268 Å². The molecule has 5 fully saturated rings. The van der Waals surface area contributed by atoms with Crippen molar-refractivity contribution in [2.45, 2.75) is 148 Å². The topological polar surface area (TPSA) is 166 Å². The lowest BCUT2D eigenvalue weighted by Gasteiger charge is -2.64. The van der Waals surface area contributed by atoms with E-state index in [-0.39, 0.29) is 52.7 Å². The van der Waals surface area contributed by atoms with Crippen LogP contribution in [0.15, 0.2) is 0 Å². The summed E-state index contributed by atoms with van der Waals surface area (Å²) < 4.78 is 17.7. The molecule has 0 radical (unpaired) electrons. The van der Waals surface area contributed by atoms with Crippen molar-refractivity contribution < 1.29 is 49.6 Å². The van der Waals surface area contributed by atoms with E-state index in [0.717, 1.165) is 44.9 Å². The van der Waals surface area contributed by atoms with Crippen molar-refractivity contribution in [2.24, 2.45) is 52.3 Å². The fourth-order valence-corrected chi connectivity index (χ4v) is 10.9. The molecule has 0 bridgehead atoms. The minimum atomic E-state index is -1.51. The number of fused-ring (bicyclic) bond motifs is 5. The molecule has 17 atom stereocenters. The van der Waals surface area contributed by atoms with Gasteiger partial charge >= 0.3 is 5.97 Å². The van der Waals surface area contributed by atoms with Gasteiger partial charge in [-0.15, -0.1) is 0 Å². The van der Waals surface area contributed by atoms with E-state index in [1.165, 1.54) is 6.92 Å². The van der Waals surface area contributed by atoms with Crippen molar-refractivity contribution in [2.75, 3.05) is 13.2 Å². The molecule has 0 aromatic carbocycles. The maximum Gasteiger partial charge on any atom is 0.302 e. The Bertz CT molecular complexity index is 1010. The summed E-state index contributed by atoms with van der Waals surface area (Å²) in [5.41, 5.74) is -0.360. The fraction of sp³-hybridized carbons (Fsp3) is 0.971. The van der Waals surface area contributed by atoms with E-state index >= 15 is 0 Å². The van der Waals surface area contributed by atoms with Crippen LogP contribution in [0.2, 0.25) is 0 Å². The van der Waals surface area contributed by atoms with Crippen molar-refractivity contribution in [3.8, 4) is 0 Å². The van der Waals surface area contributed by atoms with Crippen LogP contribution in [-0.2, 0) is 19.0 Å². The smallest absolute Gasteiger partial charge is 0.302 e. The number of carbonyl (C=O) groups is 1. The van der Waals surface area contributed by atoms with Crippen molar-refractivity contribution in [1.82, 2.24) is 0 Å². The minimum absolute atomic E-state index is 0.0524. The first kappa shape index (κ1) is 35.5. The molecule has 0 aromatic rings. The zero-order valence-electron chi connectivity index (χ0n) is 28.0. The van der Waals surface area contributed by atoms with Gasteiger partial charge in [-0.25, -0.2) is 0 Å². The van der Waals surface area contributed by atoms with Crippen molar-refractivity contribution in [1.29, 1.82) is 0 Å². The normalized spacial score (nSPS) is 49.4. The molecule has 5 rings (SSSR count). The van der Waals surface area contributed by atoms with Gasteiger partial charge in [0, 0.05) is 6.92 Å². The van der Waals surface area contributed by atoms with Gasteiger partial charge in [0.1, 0.15) is 24.4 Å². The quantitative estimate of drug-likeness (QED) is 0.154. The molecule has 45 heavy (non-hydrogen) atoms. The molecule has 6 N–H and O–H groups in total. The molecule has 260 valence electrons. The molecular weight excluding hydrogens is 580 g/mol. The standard InChI is InChI=1S/C35H60O10/c1-18(17-43-20(3)37)7-6-8-19(2)23-9-10-24-29-25(15-28(39)35(23,24)5)34(4)12-11-22(38)13-21(34)14-26(29)44-33-32(42)31(41)30(40)27(16-36)45-33/h18-19,21-33,36,38-42H,6-17H2,1-5H3/t18-,19-,21+,22-,23-,24?,25?,26-,27-,28+,29?,30+,31+,32-,33-,34+,35-/m1/s1. The molecule has 3 unspecified atom stereocenters. The van der Waals surface area contributed by atoms with Gasteiger partial charge in [0.25, 0.3) is 0 Å². The average Bonchev–Trinajstić information content (AvgIpc) is 3.36. The highest BCUT2D eigenvalue weighted by Crippen LogP contribution is 2.69. The van der Waals surface area contributed by atoms with E-state index in [9.17, 15) is 35.4 Å². The number of carbonyl (C=O) groups excluding carboxylic acids is 1. The van der Waals surface area contributed by atoms with Gasteiger partial charge in [-0.05, 0) is 104 Å². The minimum Gasteiger partial charge on any atom is -0.466 e. The van der Waals surface area contributed by atoms with Crippen LogP contribution in [0.4, 0.5) is 0 Å². The van der Waals surface area contributed by atoms with Gasteiger partial charge < -0.3 is 44.8 Å². The maximum atomic E-state index is 12.1. The predicted molar refractivity (Wildman–Crippen MR) is 165 cm³/mol. The molecule has 10 heteroatoms. The number of hydrogen-bond acceptors (Lipinski definition) is 10. The highest BCUT2D eigenvalue weighted by atomic mass is 16.7. The van der Waals surface area contributed by atoms with Crippen LogP contribution >= 0.6 is 0 Å². The van der Waals surface area contributed by atoms with Crippen LogP contribution in [0, 0.1) is 52.3 Å². The molecule has 4 saturated carbocycles. The second-order valence-corrected chi connectivity index (χ2v) is 16.1. The summed E-state index contributed by atoms with van der Waals surface area (Å²) in [6, 6.07) is 0. The summed E-state index contributed by atoms with van der Waals surface area (Å²) in [4.78, 5) is 11.2. The van der Waals surface area contributed by atoms with Gasteiger partial charge in [0.2, 0.25) is 0 Å². The van der Waals surface area contributed by atoms with E-state index in [4.69, 9.17) is 14.2 Å². The highest BCUT2D eigenvalue weighted by Gasteiger charge is 2.66. The van der Waals surface area contributed by atoms with E-state index < -0.39 is 43.4 Å². The van der Waals surface area contributed by atoms with Gasteiger partial charge in [-0.3, -0.25) is 4.79 Å². The average molecular weight is 641 g/mol. The van der Waals surface area contributed by atoms with Crippen LogP contribution in [0.25, 0.3) is 0 Å². The zero-order chi connectivity index (χ0) is 32.8. The number of ether oxygens (including phenoxy) is 3. The Balaban J connectivity index is 1.37. The SMILES string of the molecule is CC(=O)OC[C@H](C)CCC[C@@H](C)[C@H]1CCC2C3C(C[C@H](O)[C@@]21C)[C@@]1(C)CC[C@@H](O)C[C@H]1C[C@H]3O[C@@H]1O[C@H](CO)[C@H](O)[C@H](O)[C@H]1O. The van der Waals surface area contributed by atoms with Gasteiger partial charge in [-0.2, -0.15) is 0 Å². The number of aliphatic hydroxyl groups excluding tert-OH is 6. The molecular formula is C35H60O10. The van der Waals surface area contributed by atoms with Crippen molar-refractivity contribution >= 4 is 5.97 Å². The van der Waals surface area contributed by atoms with Gasteiger partial charge in [-0.1, -0.05) is 40.5 Å². The largest absolute Gasteiger partial charge is 0.466 e. The molecule has 1 heterocycles. The summed E-state index contributed by atoms with van der Waals surface area (Å²) in [7, 11) is 0. The lowest BCUT2D eigenvalue weighted by Crippen LogP contribution is -2.65. The second-order valence-electron chi connectivity index (χ2n) is 16.1. The van der Waals surface area contributed by atoms with Crippen LogP contribution in [0.1, 0.15) is 98.8 Å². The zero-order valence-corrected chi connectivity index (χ0v) is 28.0. The first-order valence-electron chi connectivity index (χ1n) is 17.7. The van der Waals surface area contributed by atoms with E-state index in [2.05, 4.69) is 27.7 Å². The maximum absolute atomic E-state index is 12.1.